The molecule has 0 spiro atoms. The fourth-order valence-electron chi connectivity index (χ4n) is 1.72. The minimum absolute atomic E-state index is 0.000856. The maximum atomic E-state index is 5.83. The first-order valence-electron chi connectivity index (χ1n) is 5.12. The number of hydrogen-bond acceptors (Lipinski definition) is 2. The van der Waals surface area contributed by atoms with Gasteiger partial charge in [0.1, 0.15) is 12.2 Å². The number of rotatable bonds is 4. The zero-order valence-corrected chi connectivity index (χ0v) is 10.7. The zero-order chi connectivity index (χ0) is 10.8. The number of halogens is 1. The van der Waals surface area contributed by atoms with Crippen LogP contribution in [0.5, 0.6) is 0 Å². The fourth-order valence-corrected chi connectivity index (χ4v) is 2.59. The summed E-state index contributed by atoms with van der Waals surface area (Å²) >= 11 is 3.64. The van der Waals surface area contributed by atoms with Crippen LogP contribution in [0.3, 0.4) is 0 Å². The second-order valence-corrected chi connectivity index (χ2v) is 5.28. The lowest BCUT2D eigenvalue weighted by Gasteiger charge is -2.20. The Labute approximate surface area is 94.8 Å². The summed E-state index contributed by atoms with van der Waals surface area (Å²) in [5, 5.41) is 0. The standard InChI is InChI=1S/C11H19BrO2/c1-5-7-8(12)10-9(6-2)13-11(3,4)14-10/h6,8-10H,2,5,7H2,1,3-4H3/t8-,9-,10-/m0/s1. The van der Waals surface area contributed by atoms with Crippen LogP contribution in [0.25, 0.3) is 0 Å². The summed E-state index contributed by atoms with van der Waals surface area (Å²) in [5.74, 6) is -0.483. The zero-order valence-electron chi connectivity index (χ0n) is 9.13. The maximum Gasteiger partial charge on any atom is 0.164 e. The Kier molecular flexibility index (Phi) is 4.16. The summed E-state index contributed by atoms with van der Waals surface area (Å²) < 4.78 is 11.5. The Balaban J connectivity index is 2.63. The van der Waals surface area contributed by atoms with Crippen molar-refractivity contribution in [3.8, 4) is 0 Å². The van der Waals surface area contributed by atoms with Crippen molar-refractivity contribution in [2.45, 2.75) is 56.4 Å². The van der Waals surface area contributed by atoms with Gasteiger partial charge >= 0.3 is 0 Å². The molecule has 0 aliphatic carbocycles. The highest BCUT2D eigenvalue weighted by molar-refractivity contribution is 9.09. The van der Waals surface area contributed by atoms with Crippen LogP contribution in [0.15, 0.2) is 12.7 Å². The molecule has 0 aromatic rings. The van der Waals surface area contributed by atoms with E-state index in [1.54, 1.807) is 0 Å². The van der Waals surface area contributed by atoms with Crippen LogP contribution < -0.4 is 0 Å². The van der Waals surface area contributed by atoms with Crippen LogP contribution in [0.1, 0.15) is 33.6 Å². The Morgan fingerprint density at radius 1 is 1.50 bits per heavy atom. The summed E-state index contributed by atoms with van der Waals surface area (Å²) in [6.45, 7) is 9.82. The molecule has 3 heteroatoms. The van der Waals surface area contributed by atoms with Crippen LogP contribution in [-0.4, -0.2) is 22.8 Å². The Bertz CT molecular complexity index is 203. The van der Waals surface area contributed by atoms with Crippen molar-refractivity contribution < 1.29 is 9.47 Å². The first-order chi connectivity index (χ1) is 6.50. The highest BCUT2D eigenvalue weighted by Gasteiger charge is 2.42. The lowest BCUT2D eigenvalue weighted by molar-refractivity contribution is -0.142. The van der Waals surface area contributed by atoms with E-state index in [0.29, 0.717) is 4.83 Å². The van der Waals surface area contributed by atoms with Crippen molar-refractivity contribution in [3.05, 3.63) is 12.7 Å². The summed E-state index contributed by atoms with van der Waals surface area (Å²) in [7, 11) is 0. The van der Waals surface area contributed by atoms with Crippen molar-refractivity contribution in [3.63, 3.8) is 0 Å². The third-order valence-electron chi connectivity index (χ3n) is 2.32. The molecule has 1 aliphatic rings. The van der Waals surface area contributed by atoms with Gasteiger partial charge in [-0.2, -0.15) is 0 Å². The molecule has 0 N–H and O–H groups in total. The topological polar surface area (TPSA) is 18.5 Å². The summed E-state index contributed by atoms with van der Waals surface area (Å²) in [6.07, 6.45) is 4.14. The molecule has 1 aliphatic heterocycles. The maximum absolute atomic E-state index is 5.83. The molecule has 1 heterocycles. The highest BCUT2D eigenvalue weighted by atomic mass is 79.9. The predicted octanol–water partition coefficient (Wildman–Crippen LogP) is 3.26. The molecule has 14 heavy (non-hydrogen) atoms. The largest absolute Gasteiger partial charge is 0.343 e. The molecule has 0 aromatic heterocycles. The van der Waals surface area contributed by atoms with Crippen molar-refractivity contribution in [2.75, 3.05) is 0 Å². The normalized spacial score (nSPS) is 32.9. The van der Waals surface area contributed by atoms with Crippen molar-refractivity contribution >= 4 is 15.9 Å². The van der Waals surface area contributed by atoms with Gasteiger partial charge < -0.3 is 9.47 Å². The summed E-state index contributed by atoms with van der Waals surface area (Å²) in [6, 6.07) is 0. The predicted molar refractivity (Wildman–Crippen MR) is 61.6 cm³/mol. The average Bonchev–Trinajstić information content (AvgIpc) is 2.41. The first-order valence-corrected chi connectivity index (χ1v) is 6.04. The molecule has 1 saturated heterocycles. The van der Waals surface area contributed by atoms with Crippen LogP contribution >= 0.6 is 15.9 Å². The van der Waals surface area contributed by atoms with E-state index in [1.165, 1.54) is 0 Å². The SMILES string of the molecule is C=C[C@@H]1OC(C)(C)O[C@H]1[C@@H](Br)CCC. The third-order valence-corrected chi connectivity index (χ3v) is 3.30. The van der Waals surface area contributed by atoms with Gasteiger partial charge in [-0.1, -0.05) is 35.4 Å². The summed E-state index contributed by atoms with van der Waals surface area (Å²) in [4.78, 5) is 0.345. The minimum atomic E-state index is -0.483. The molecule has 0 unspecified atom stereocenters. The minimum Gasteiger partial charge on any atom is -0.343 e. The quantitative estimate of drug-likeness (QED) is 0.572. The van der Waals surface area contributed by atoms with Crippen LogP contribution in [0, 0.1) is 0 Å². The van der Waals surface area contributed by atoms with E-state index in [-0.39, 0.29) is 12.2 Å². The van der Waals surface area contributed by atoms with Crippen molar-refractivity contribution in [1.29, 1.82) is 0 Å². The van der Waals surface area contributed by atoms with Crippen molar-refractivity contribution in [2.24, 2.45) is 0 Å². The van der Waals surface area contributed by atoms with Gasteiger partial charge in [0.15, 0.2) is 5.79 Å². The van der Waals surface area contributed by atoms with E-state index in [1.807, 2.05) is 19.9 Å². The molecule has 82 valence electrons. The Morgan fingerprint density at radius 3 is 2.64 bits per heavy atom. The van der Waals surface area contributed by atoms with Crippen LogP contribution in [-0.2, 0) is 9.47 Å². The fraction of sp³-hybridized carbons (Fsp3) is 0.818. The van der Waals surface area contributed by atoms with Gasteiger partial charge in [0.2, 0.25) is 0 Å². The first kappa shape index (κ1) is 12.2. The molecular weight excluding hydrogens is 244 g/mol. The second-order valence-electron chi connectivity index (χ2n) is 4.11. The molecular formula is C11H19BrO2. The van der Waals surface area contributed by atoms with Crippen LogP contribution in [0.2, 0.25) is 0 Å². The molecule has 0 saturated carbocycles. The average molecular weight is 263 g/mol. The van der Waals surface area contributed by atoms with E-state index in [2.05, 4.69) is 29.4 Å². The molecule has 0 radical (unpaired) electrons. The highest BCUT2D eigenvalue weighted by Crippen LogP contribution is 2.34. The molecule has 1 rings (SSSR count). The van der Waals surface area contributed by atoms with Gasteiger partial charge in [-0.15, -0.1) is 6.58 Å². The molecule has 0 bridgehead atoms. The Morgan fingerprint density at radius 2 is 2.14 bits per heavy atom. The van der Waals surface area contributed by atoms with Gasteiger partial charge in [0.05, 0.1) is 0 Å². The Hall–Kier alpha value is 0.140. The van der Waals surface area contributed by atoms with Gasteiger partial charge in [-0.3, -0.25) is 0 Å². The van der Waals surface area contributed by atoms with Gasteiger partial charge in [0, 0.05) is 4.83 Å². The van der Waals surface area contributed by atoms with E-state index >= 15 is 0 Å². The molecule has 1 fully saturated rings. The van der Waals surface area contributed by atoms with E-state index in [4.69, 9.17) is 9.47 Å². The molecule has 0 amide bonds. The van der Waals surface area contributed by atoms with Crippen LogP contribution in [0.4, 0.5) is 0 Å². The van der Waals surface area contributed by atoms with Gasteiger partial charge in [0.25, 0.3) is 0 Å². The number of alkyl halides is 1. The number of hydrogen-bond donors (Lipinski definition) is 0. The summed E-state index contributed by atoms with van der Waals surface area (Å²) in [5.41, 5.74) is 0. The van der Waals surface area contributed by atoms with E-state index < -0.39 is 5.79 Å². The lowest BCUT2D eigenvalue weighted by atomic mass is 10.1. The second kappa shape index (κ2) is 4.77. The molecule has 2 nitrogen and oxygen atoms in total. The molecule has 0 aromatic carbocycles. The number of ether oxygens (including phenoxy) is 2. The molecule has 3 atom stereocenters. The van der Waals surface area contributed by atoms with Gasteiger partial charge in [-0.25, -0.2) is 0 Å². The van der Waals surface area contributed by atoms with Gasteiger partial charge in [-0.05, 0) is 20.3 Å². The smallest absolute Gasteiger partial charge is 0.164 e. The van der Waals surface area contributed by atoms with E-state index in [9.17, 15) is 0 Å². The lowest BCUT2D eigenvalue weighted by Crippen LogP contribution is -2.30. The van der Waals surface area contributed by atoms with Crippen molar-refractivity contribution in [1.82, 2.24) is 0 Å². The third kappa shape index (κ3) is 2.81. The van der Waals surface area contributed by atoms with E-state index in [0.717, 1.165) is 12.8 Å². The monoisotopic (exact) mass is 262 g/mol.